The Morgan fingerprint density at radius 2 is 1.93 bits per heavy atom. The van der Waals surface area contributed by atoms with E-state index in [0.717, 1.165) is 73.3 Å². The zero-order valence-electron chi connectivity index (χ0n) is 17.3. The number of rotatable bonds is 5. The second-order valence-corrected chi connectivity index (χ2v) is 8.19. The van der Waals surface area contributed by atoms with Crippen LogP contribution in [0.25, 0.3) is 11.1 Å². The lowest BCUT2D eigenvalue weighted by molar-refractivity contribution is 0.0112. The van der Waals surface area contributed by atoms with Gasteiger partial charge in [0.15, 0.2) is 0 Å². The molecule has 0 amide bonds. The van der Waals surface area contributed by atoms with E-state index in [-0.39, 0.29) is 5.41 Å². The molecule has 1 fully saturated rings. The van der Waals surface area contributed by atoms with Gasteiger partial charge in [-0.15, -0.1) is 0 Å². The smallest absolute Gasteiger partial charge is 0.205 e. The molecule has 4 rings (SSSR count). The SMILES string of the molecule is CCCO[C@H]1CC[C@]2(CC1)Cc1ccc(-c3cccc(OC)c3)cc1/C2=N/C#N. The summed E-state index contributed by atoms with van der Waals surface area (Å²) in [4.78, 5) is 4.35. The van der Waals surface area contributed by atoms with Gasteiger partial charge < -0.3 is 9.47 Å². The van der Waals surface area contributed by atoms with Gasteiger partial charge in [0.05, 0.1) is 18.9 Å². The summed E-state index contributed by atoms with van der Waals surface area (Å²) in [5.41, 5.74) is 5.65. The average molecular weight is 389 g/mol. The van der Waals surface area contributed by atoms with Crippen molar-refractivity contribution in [1.82, 2.24) is 0 Å². The third-order valence-corrected chi connectivity index (χ3v) is 6.41. The summed E-state index contributed by atoms with van der Waals surface area (Å²) in [6, 6.07) is 14.7. The lowest BCUT2D eigenvalue weighted by atomic mass is 9.70. The van der Waals surface area contributed by atoms with Gasteiger partial charge in [-0.1, -0.05) is 31.2 Å². The molecule has 2 aromatic carbocycles. The molecule has 0 bridgehead atoms. The summed E-state index contributed by atoms with van der Waals surface area (Å²) in [5, 5.41) is 9.41. The van der Waals surface area contributed by atoms with Gasteiger partial charge in [0.2, 0.25) is 6.19 Å². The van der Waals surface area contributed by atoms with Crippen LogP contribution in [0.3, 0.4) is 0 Å². The van der Waals surface area contributed by atoms with Crippen LogP contribution in [0.5, 0.6) is 5.75 Å². The van der Waals surface area contributed by atoms with Crippen molar-refractivity contribution in [3.63, 3.8) is 0 Å². The Labute approximate surface area is 173 Å². The zero-order chi connectivity index (χ0) is 20.3. The summed E-state index contributed by atoms with van der Waals surface area (Å²) in [6.07, 6.45) is 8.61. The van der Waals surface area contributed by atoms with E-state index >= 15 is 0 Å². The average Bonchev–Trinajstić information content (AvgIpc) is 3.06. The number of hydrogen-bond donors (Lipinski definition) is 0. The van der Waals surface area contributed by atoms with Crippen molar-refractivity contribution in [3.05, 3.63) is 53.6 Å². The van der Waals surface area contributed by atoms with Crippen molar-refractivity contribution in [2.75, 3.05) is 13.7 Å². The first-order chi connectivity index (χ1) is 14.2. The van der Waals surface area contributed by atoms with Crippen LogP contribution in [0.15, 0.2) is 47.5 Å². The van der Waals surface area contributed by atoms with Gasteiger partial charge in [-0.25, -0.2) is 0 Å². The molecule has 0 aromatic heterocycles. The van der Waals surface area contributed by atoms with Crippen molar-refractivity contribution in [2.24, 2.45) is 10.4 Å². The van der Waals surface area contributed by atoms with Crippen LogP contribution in [0, 0.1) is 16.9 Å². The lowest BCUT2D eigenvalue weighted by Crippen LogP contribution is -2.36. The molecule has 0 atom stereocenters. The van der Waals surface area contributed by atoms with Crippen LogP contribution in [-0.4, -0.2) is 25.5 Å². The molecule has 0 N–H and O–H groups in total. The highest BCUT2D eigenvalue weighted by atomic mass is 16.5. The summed E-state index contributed by atoms with van der Waals surface area (Å²) in [7, 11) is 1.68. The molecular weight excluding hydrogens is 360 g/mol. The molecule has 29 heavy (non-hydrogen) atoms. The number of hydrogen-bond acceptors (Lipinski definition) is 4. The molecule has 2 aliphatic carbocycles. The van der Waals surface area contributed by atoms with Gasteiger partial charge in [0, 0.05) is 17.6 Å². The predicted octanol–water partition coefficient (Wildman–Crippen LogP) is 5.54. The van der Waals surface area contributed by atoms with Crippen LogP contribution >= 0.6 is 0 Å². The number of benzene rings is 2. The Kier molecular flexibility index (Phi) is 5.69. The normalized spacial score (nSPS) is 24.4. The molecule has 0 saturated heterocycles. The summed E-state index contributed by atoms with van der Waals surface area (Å²) < 4.78 is 11.4. The third-order valence-electron chi connectivity index (χ3n) is 6.41. The number of methoxy groups -OCH3 is 1. The molecular formula is C25H28N2O2. The maximum atomic E-state index is 9.41. The Balaban J connectivity index is 1.64. The third kappa shape index (κ3) is 3.80. The van der Waals surface area contributed by atoms with Crippen molar-refractivity contribution >= 4 is 5.71 Å². The fourth-order valence-corrected chi connectivity index (χ4v) is 4.90. The topological polar surface area (TPSA) is 54.6 Å². The predicted molar refractivity (Wildman–Crippen MR) is 115 cm³/mol. The van der Waals surface area contributed by atoms with Crippen LogP contribution in [-0.2, 0) is 11.2 Å². The minimum Gasteiger partial charge on any atom is -0.497 e. The maximum absolute atomic E-state index is 9.41. The molecule has 0 unspecified atom stereocenters. The van der Waals surface area contributed by atoms with E-state index in [1.807, 2.05) is 18.2 Å². The van der Waals surface area contributed by atoms with E-state index in [2.05, 4.69) is 42.4 Å². The minimum absolute atomic E-state index is 0.0167. The maximum Gasteiger partial charge on any atom is 0.205 e. The highest BCUT2D eigenvalue weighted by Crippen LogP contribution is 2.49. The van der Waals surface area contributed by atoms with E-state index in [4.69, 9.17) is 9.47 Å². The van der Waals surface area contributed by atoms with E-state index in [0.29, 0.717) is 6.10 Å². The largest absolute Gasteiger partial charge is 0.497 e. The molecule has 1 saturated carbocycles. The van der Waals surface area contributed by atoms with Crippen LogP contribution in [0.1, 0.15) is 50.2 Å². The molecule has 2 aliphatic rings. The number of aliphatic imine (C=N–C) groups is 1. The van der Waals surface area contributed by atoms with Crippen LogP contribution in [0.2, 0.25) is 0 Å². The highest BCUT2D eigenvalue weighted by molar-refractivity contribution is 6.10. The Morgan fingerprint density at radius 1 is 1.14 bits per heavy atom. The lowest BCUT2D eigenvalue weighted by Gasteiger charge is -2.37. The molecule has 0 heterocycles. The molecule has 2 aromatic rings. The summed E-state index contributed by atoms with van der Waals surface area (Å²) in [6.45, 7) is 2.98. The summed E-state index contributed by atoms with van der Waals surface area (Å²) >= 11 is 0. The van der Waals surface area contributed by atoms with E-state index < -0.39 is 0 Å². The second-order valence-electron chi connectivity index (χ2n) is 8.19. The quantitative estimate of drug-likeness (QED) is 0.632. The number of fused-ring (bicyclic) bond motifs is 1. The standard InChI is InChI=1S/C25H28N2O2/c1-3-13-29-21-9-11-25(12-10-21)16-20-8-7-19(15-23(20)24(25)27-17-26)18-5-4-6-22(14-18)28-2/h4-8,14-15,21H,3,9-13,16H2,1-2H3/b27-24-/t21-,25-. The Bertz CT molecular complexity index is 950. The molecule has 0 aliphatic heterocycles. The number of nitriles is 1. The van der Waals surface area contributed by atoms with Gasteiger partial charge in [0.1, 0.15) is 5.75 Å². The van der Waals surface area contributed by atoms with Crippen LogP contribution < -0.4 is 4.74 Å². The van der Waals surface area contributed by atoms with Crippen molar-refractivity contribution < 1.29 is 9.47 Å². The first-order valence-electron chi connectivity index (χ1n) is 10.6. The fourth-order valence-electron chi connectivity index (χ4n) is 4.90. The molecule has 1 spiro atoms. The Hall–Kier alpha value is -2.64. The Morgan fingerprint density at radius 3 is 2.66 bits per heavy atom. The van der Waals surface area contributed by atoms with Crippen LogP contribution in [0.4, 0.5) is 0 Å². The van der Waals surface area contributed by atoms with Crippen molar-refractivity contribution in [2.45, 2.75) is 51.6 Å². The number of ether oxygens (including phenoxy) is 2. The minimum atomic E-state index is -0.0167. The van der Waals surface area contributed by atoms with Gasteiger partial charge in [-0.3, -0.25) is 0 Å². The molecule has 150 valence electrons. The van der Waals surface area contributed by atoms with Gasteiger partial charge >= 0.3 is 0 Å². The monoisotopic (exact) mass is 388 g/mol. The highest BCUT2D eigenvalue weighted by Gasteiger charge is 2.45. The first kappa shape index (κ1) is 19.7. The zero-order valence-corrected chi connectivity index (χ0v) is 17.3. The van der Waals surface area contributed by atoms with E-state index in [1.54, 1.807) is 7.11 Å². The molecule has 4 nitrogen and oxygen atoms in total. The van der Waals surface area contributed by atoms with E-state index in [1.165, 1.54) is 5.56 Å². The van der Waals surface area contributed by atoms with Gasteiger partial charge in [-0.2, -0.15) is 10.3 Å². The van der Waals surface area contributed by atoms with Gasteiger partial charge in [0.25, 0.3) is 0 Å². The van der Waals surface area contributed by atoms with E-state index in [9.17, 15) is 5.26 Å². The molecule has 4 heteroatoms. The summed E-state index contributed by atoms with van der Waals surface area (Å²) in [5.74, 6) is 0.843. The fraction of sp³-hybridized carbons (Fsp3) is 0.440. The number of nitrogens with zero attached hydrogens (tertiary/aromatic N) is 2. The first-order valence-corrected chi connectivity index (χ1v) is 10.6. The van der Waals surface area contributed by atoms with Gasteiger partial charge in [-0.05, 0) is 73.4 Å². The second kappa shape index (κ2) is 8.39. The molecule has 0 radical (unpaired) electrons. The van der Waals surface area contributed by atoms with Crippen molar-refractivity contribution in [3.8, 4) is 23.1 Å². The van der Waals surface area contributed by atoms with Crippen molar-refractivity contribution in [1.29, 1.82) is 5.26 Å².